The van der Waals surface area contributed by atoms with Crippen LogP contribution in [0, 0.1) is 6.92 Å². The monoisotopic (exact) mass is 375 g/mol. The van der Waals surface area contributed by atoms with Crippen molar-refractivity contribution in [1.82, 2.24) is 14.8 Å². The summed E-state index contributed by atoms with van der Waals surface area (Å²) < 4.78 is 7.01. The predicted octanol–water partition coefficient (Wildman–Crippen LogP) is 3.49. The molecule has 1 aromatic carbocycles. The molecule has 0 aliphatic heterocycles. The van der Waals surface area contributed by atoms with Crippen LogP contribution in [0.1, 0.15) is 50.9 Å². The minimum Gasteiger partial charge on any atom is -0.451 e. The van der Waals surface area contributed by atoms with E-state index in [9.17, 15) is 9.59 Å². The van der Waals surface area contributed by atoms with Crippen LogP contribution >= 0.6 is 0 Å². The molecule has 2 heterocycles. The first-order valence-corrected chi connectivity index (χ1v) is 9.37. The average Bonchev–Trinajstić information content (AvgIpc) is 3.33. The van der Waals surface area contributed by atoms with E-state index in [1.165, 1.54) is 17.3 Å². The number of ketones is 1. The molecular weight excluding hydrogens is 354 g/mol. The fourth-order valence-electron chi connectivity index (χ4n) is 3.56. The molecule has 142 valence electrons. The summed E-state index contributed by atoms with van der Waals surface area (Å²) in [5.74, 6) is -0.152. The molecule has 0 spiro atoms. The first kappa shape index (κ1) is 18.1. The molecule has 0 radical (unpaired) electrons. The van der Waals surface area contributed by atoms with Gasteiger partial charge in [-0.3, -0.25) is 4.79 Å². The first-order valence-electron chi connectivity index (χ1n) is 9.37. The lowest BCUT2D eigenvalue weighted by Gasteiger charge is -2.13. The predicted molar refractivity (Wildman–Crippen MR) is 104 cm³/mol. The van der Waals surface area contributed by atoms with Crippen LogP contribution in [0.2, 0.25) is 0 Å². The fourth-order valence-corrected chi connectivity index (χ4v) is 3.56. The van der Waals surface area contributed by atoms with Gasteiger partial charge in [0.2, 0.25) is 5.78 Å². The highest BCUT2D eigenvalue weighted by Gasteiger charge is 2.24. The number of hydrogen-bond acceptors (Lipinski definition) is 5. The van der Waals surface area contributed by atoms with Crippen LogP contribution in [0.4, 0.5) is 0 Å². The van der Waals surface area contributed by atoms with Gasteiger partial charge < -0.3 is 4.74 Å². The Bertz CT molecular complexity index is 1040. The number of Topliss-reactive ketones (excluding diaryl/α,β-unsaturated/α-hetero) is 1. The number of aromatic nitrogens is 3. The maximum Gasteiger partial charge on any atom is 0.342 e. The molecule has 0 saturated heterocycles. The smallest absolute Gasteiger partial charge is 0.342 e. The van der Waals surface area contributed by atoms with Crippen LogP contribution in [0.15, 0.2) is 48.8 Å². The minimum atomic E-state index is -0.871. The number of hydrogen-bond donors (Lipinski definition) is 0. The molecule has 1 aliphatic carbocycles. The quantitative estimate of drug-likeness (QED) is 0.504. The minimum absolute atomic E-state index is 0.196. The van der Waals surface area contributed by atoms with E-state index < -0.39 is 12.1 Å². The Morgan fingerprint density at radius 1 is 1.14 bits per heavy atom. The topological polar surface area (TPSA) is 74.1 Å². The van der Waals surface area contributed by atoms with Gasteiger partial charge in [0.15, 0.2) is 11.9 Å². The number of pyridine rings is 1. The van der Waals surface area contributed by atoms with E-state index in [-0.39, 0.29) is 5.78 Å². The van der Waals surface area contributed by atoms with Crippen molar-refractivity contribution in [2.45, 2.75) is 39.2 Å². The zero-order chi connectivity index (χ0) is 19.7. The molecule has 0 amide bonds. The van der Waals surface area contributed by atoms with Crippen LogP contribution in [0.3, 0.4) is 0 Å². The molecule has 3 aromatic rings. The molecular formula is C22H21N3O3. The van der Waals surface area contributed by atoms with Crippen molar-refractivity contribution in [3.05, 3.63) is 76.7 Å². The van der Waals surface area contributed by atoms with Gasteiger partial charge >= 0.3 is 5.97 Å². The summed E-state index contributed by atoms with van der Waals surface area (Å²) in [5.41, 5.74) is 4.04. The number of carbonyl (C=O) groups is 2. The number of rotatable bonds is 5. The van der Waals surface area contributed by atoms with Crippen molar-refractivity contribution < 1.29 is 14.3 Å². The van der Waals surface area contributed by atoms with Crippen molar-refractivity contribution in [1.29, 1.82) is 0 Å². The molecule has 1 unspecified atom stereocenters. The molecule has 0 N–H and O–H groups in total. The summed E-state index contributed by atoms with van der Waals surface area (Å²) in [4.78, 5) is 29.5. The van der Waals surface area contributed by atoms with Crippen LogP contribution in [-0.4, -0.2) is 32.6 Å². The molecule has 6 nitrogen and oxygen atoms in total. The van der Waals surface area contributed by atoms with Crippen LogP contribution < -0.4 is 0 Å². The van der Waals surface area contributed by atoms with Crippen molar-refractivity contribution in [3.63, 3.8) is 0 Å². The van der Waals surface area contributed by atoms with Gasteiger partial charge in [0.25, 0.3) is 0 Å². The van der Waals surface area contributed by atoms with E-state index in [1.807, 2.05) is 30.3 Å². The Hall–Kier alpha value is -3.28. The van der Waals surface area contributed by atoms with Crippen molar-refractivity contribution in [2.75, 3.05) is 0 Å². The highest BCUT2D eigenvalue weighted by Crippen LogP contribution is 2.24. The molecule has 1 aliphatic rings. The van der Waals surface area contributed by atoms with Crippen molar-refractivity contribution in [2.24, 2.45) is 0 Å². The number of aryl methyl sites for hydroxylation is 2. The van der Waals surface area contributed by atoms with Crippen molar-refractivity contribution in [3.8, 4) is 5.82 Å². The number of benzene rings is 1. The maximum absolute atomic E-state index is 12.7. The van der Waals surface area contributed by atoms with E-state index in [0.717, 1.165) is 19.3 Å². The summed E-state index contributed by atoms with van der Waals surface area (Å²) in [5, 5.41) is 4.23. The Morgan fingerprint density at radius 3 is 2.75 bits per heavy atom. The van der Waals surface area contributed by atoms with Gasteiger partial charge in [-0.2, -0.15) is 5.10 Å². The van der Waals surface area contributed by atoms with Gasteiger partial charge in [-0.1, -0.05) is 18.2 Å². The number of fused-ring (bicyclic) bond motifs is 1. The normalized spacial score (nSPS) is 13.8. The van der Waals surface area contributed by atoms with Gasteiger partial charge in [-0.15, -0.1) is 0 Å². The SMILES string of the molecule is Cc1c(C(=O)OC(C)C(=O)c2ccc3c(c2)CCC3)cnn1-c1ccccn1. The Morgan fingerprint density at radius 2 is 1.96 bits per heavy atom. The third-order valence-electron chi connectivity index (χ3n) is 5.13. The zero-order valence-corrected chi connectivity index (χ0v) is 15.9. The lowest BCUT2D eigenvalue weighted by Crippen LogP contribution is -2.24. The summed E-state index contributed by atoms with van der Waals surface area (Å²) in [6, 6.07) is 11.2. The van der Waals surface area contributed by atoms with Gasteiger partial charge in [0.1, 0.15) is 5.56 Å². The lowest BCUT2D eigenvalue weighted by molar-refractivity contribution is 0.0318. The van der Waals surface area contributed by atoms with Crippen molar-refractivity contribution >= 4 is 11.8 Å². The second kappa shape index (κ2) is 7.38. The largest absolute Gasteiger partial charge is 0.451 e. The van der Waals surface area contributed by atoms with Gasteiger partial charge in [-0.25, -0.2) is 14.5 Å². The third kappa shape index (κ3) is 3.33. The summed E-state index contributed by atoms with van der Waals surface area (Å²) >= 11 is 0. The fraction of sp³-hybridized carbons (Fsp3) is 0.273. The molecule has 0 fully saturated rings. The average molecular weight is 375 g/mol. The summed E-state index contributed by atoms with van der Waals surface area (Å²) in [7, 11) is 0. The Balaban J connectivity index is 1.49. The van der Waals surface area contributed by atoms with Gasteiger partial charge in [0, 0.05) is 11.8 Å². The second-order valence-electron chi connectivity index (χ2n) is 6.99. The van der Waals surface area contributed by atoms with Crippen LogP contribution in [-0.2, 0) is 17.6 Å². The standard InChI is InChI=1S/C22H21N3O3/c1-14-19(13-24-25(14)20-8-3-4-11-23-20)22(27)28-15(2)21(26)18-10-9-16-6-5-7-17(16)12-18/h3-4,8-13,15H,5-7H2,1-2H3. The third-order valence-corrected chi connectivity index (χ3v) is 5.13. The maximum atomic E-state index is 12.7. The van der Waals surface area contributed by atoms with E-state index in [4.69, 9.17) is 4.74 Å². The Labute approximate surface area is 163 Å². The molecule has 0 saturated carbocycles. The van der Waals surface area contributed by atoms with E-state index in [0.29, 0.717) is 22.6 Å². The van der Waals surface area contributed by atoms with E-state index >= 15 is 0 Å². The first-order chi connectivity index (χ1) is 13.5. The Kier molecular flexibility index (Phi) is 4.77. The van der Waals surface area contributed by atoms with Crippen LogP contribution in [0.5, 0.6) is 0 Å². The number of carbonyl (C=O) groups excluding carboxylic acids is 2. The highest BCUT2D eigenvalue weighted by molar-refractivity contribution is 6.01. The number of ether oxygens (including phenoxy) is 1. The number of esters is 1. The highest BCUT2D eigenvalue weighted by atomic mass is 16.5. The van der Waals surface area contributed by atoms with E-state index in [2.05, 4.69) is 10.1 Å². The van der Waals surface area contributed by atoms with Gasteiger partial charge in [-0.05, 0) is 62.4 Å². The lowest BCUT2D eigenvalue weighted by atomic mass is 10.0. The van der Waals surface area contributed by atoms with Crippen LogP contribution in [0.25, 0.3) is 5.82 Å². The number of nitrogens with zero attached hydrogens (tertiary/aromatic N) is 3. The molecule has 4 rings (SSSR count). The van der Waals surface area contributed by atoms with Gasteiger partial charge in [0.05, 0.1) is 11.9 Å². The van der Waals surface area contributed by atoms with E-state index in [1.54, 1.807) is 30.8 Å². The molecule has 2 aromatic heterocycles. The molecule has 0 bridgehead atoms. The summed E-state index contributed by atoms with van der Waals surface area (Å²) in [6.07, 6.45) is 5.41. The second-order valence-corrected chi connectivity index (χ2v) is 6.99. The molecule has 6 heteroatoms. The molecule has 1 atom stereocenters. The summed E-state index contributed by atoms with van der Waals surface area (Å²) in [6.45, 7) is 3.37. The molecule has 28 heavy (non-hydrogen) atoms. The zero-order valence-electron chi connectivity index (χ0n) is 15.9.